The Bertz CT molecular complexity index is 6350. The fourth-order valence-corrected chi connectivity index (χ4v) is 22.4. The van der Waals surface area contributed by atoms with Gasteiger partial charge in [0, 0.05) is 78.5 Å². The van der Waals surface area contributed by atoms with Crippen molar-refractivity contribution in [3.63, 3.8) is 0 Å². The molecule has 20 rings (SSSR count). The van der Waals surface area contributed by atoms with Crippen LogP contribution in [0.1, 0.15) is 220 Å². The molecule has 16 aromatic rings. The molecule has 0 heterocycles. The highest BCUT2D eigenvalue weighted by Crippen LogP contribution is 2.60. The number of para-hydroxylation sites is 2. The summed E-state index contributed by atoms with van der Waals surface area (Å²) in [6, 6.07) is 133. The molecule has 0 aliphatic heterocycles. The molecule has 0 saturated carbocycles. The van der Waals surface area contributed by atoms with Crippen molar-refractivity contribution >= 4 is 102 Å². The summed E-state index contributed by atoms with van der Waals surface area (Å²) in [7, 11) is 0. The minimum atomic E-state index is -0.209. The van der Waals surface area contributed by atoms with Crippen LogP contribution in [0.3, 0.4) is 0 Å². The molecule has 0 atom stereocenters. The average Bonchev–Trinajstić information content (AvgIpc) is 1.56. The maximum atomic E-state index is 4.13. The van der Waals surface area contributed by atoms with E-state index < -0.39 is 0 Å². The fraction of sp³-hybridized carbons (Fsp3) is 0.250. The molecular formula is C128H128N4. The first-order chi connectivity index (χ1) is 65.0. The van der Waals surface area contributed by atoms with Gasteiger partial charge in [0.25, 0.3) is 0 Å². The molecule has 0 saturated heterocycles. The van der Waals surface area contributed by atoms with Crippen LogP contribution in [0.2, 0.25) is 0 Å². The van der Waals surface area contributed by atoms with Gasteiger partial charge in [-0.1, -0.05) is 347 Å². The number of hydrogen-bond donors (Lipinski definition) is 0. The van der Waals surface area contributed by atoms with E-state index in [4.69, 9.17) is 0 Å². The van der Waals surface area contributed by atoms with E-state index in [2.05, 4.69) is 412 Å². The lowest BCUT2D eigenvalue weighted by molar-refractivity contribution is 0.398. The van der Waals surface area contributed by atoms with E-state index >= 15 is 0 Å². The summed E-state index contributed by atoms with van der Waals surface area (Å²) in [5, 5.41) is 4.99. The number of benzene rings is 16. The lowest BCUT2D eigenvalue weighted by Crippen LogP contribution is -2.26. The highest BCUT2D eigenvalue weighted by molar-refractivity contribution is 6.02. The second-order valence-corrected chi connectivity index (χ2v) is 38.0. The molecule has 4 aliphatic rings. The lowest BCUT2D eigenvalue weighted by atomic mass is 9.70. The van der Waals surface area contributed by atoms with Gasteiger partial charge in [0.05, 0.1) is 11.4 Å². The van der Waals surface area contributed by atoms with Gasteiger partial charge in [0.1, 0.15) is 0 Å². The van der Waals surface area contributed by atoms with Gasteiger partial charge in [-0.2, -0.15) is 0 Å². The van der Waals surface area contributed by atoms with E-state index in [-0.39, 0.29) is 10.8 Å². The molecule has 0 amide bonds. The van der Waals surface area contributed by atoms with Crippen molar-refractivity contribution in [2.24, 2.45) is 0 Å². The molecule has 4 nitrogen and oxygen atoms in total. The van der Waals surface area contributed by atoms with E-state index in [1.54, 1.807) is 22.3 Å². The minimum absolute atomic E-state index is 0.116. The summed E-state index contributed by atoms with van der Waals surface area (Å²) < 4.78 is 0. The molecule has 132 heavy (non-hydrogen) atoms. The normalized spacial score (nSPS) is 13.1. The van der Waals surface area contributed by atoms with Crippen LogP contribution in [-0.2, 0) is 49.4 Å². The molecule has 4 aliphatic carbocycles. The highest BCUT2D eigenvalue weighted by atomic mass is 15.2. The van der Waals surface area contributed by atoms with Gasteiger partial charge >= 0.3 is 0 Å². The lowest BCUT2D eigenvalue weighted by Gasteiger charge is -2.35. The first kappa shape index (κ1) is 88.0. The standard InChI is InChI=1S/C69H60N2.C59H68N2/c1-3-23-57(24-4-1)70(67-29-15-21-53-19-7-9-27-61(53)67)59-39-41-63-64-42-40-60(71(58-25-5-2-6-26-58)68-30-16-22-54-20-8-10-28-62(54)68)48-66(64)69(65(63)47-59,43-13-11-17-49-31-33-51-35-37-55(51)45-49)44-14-12-18-50-32-34-52-36-38-56(52)46-50;1-7-11-13-15-17-19-37-59(38-20-18-16-14-12-8-2)57-43-53(60(49-29-21-25-45(5)39-49)51-31-23-27-47(9-3)41-51)33-35-55(57)56-36-34-54(44-58(56)59)61(50-30-22-26-46(6)40-50)52-32-24-28-48(10-4)42-52/h1-10,15-16,19-34,39-42,45-48H,11-14,17-18,35-38,43-44H2;9-10,21-36,39-44H,3-4,7-8,11-20,37-38H2,1-2,5-6H3. The summed E-state index contributed by atoms with van der Waals surface area (Å²) >= 11 is 0. The van der Waals surface area contributed by atoms with Crippen LogP contribution in [0.15, 0.2) is 365 Å². The first-order valence-corrected chi connectivity index (χ1v) is 49.7. The Morgan fingerprint density at radius 1 is 0.250 bits per heavy atom. The van der Waals surface area contributed by atoms with Crippen molar-refractivity contribution in [2.75, 3.05) is 19.6 Å². The maximum absolute atomic E-state index is 4.13. The molecule has 0 unspecified atom stereocenters. The van der Waals surface area contributed by atoms with E-state index in [9.17, 15) is 0 Å². The second-order valence-electron chi connectivity index (χ2n) is 38.0. The number of anilines is 12. The summed E-state index contributed by atoms with van der Waals surface area (Å²) in [6.45, 7) is 17.3. The van der Waals surface area contributed by atoms with Gasteiger partial charge in [-0.25, -0.2) is 0 Å². The van der Waals surface area contributed by atoms with Crippen molar-refractivity contribution in [1.29, 1.82) is 0 Å². The molecule has 0 N–H and O–H groups in total. The Morgan fingerprint density at radius 3 is 0.924 bits per heavy atom. The summed E-state index contributed by atoms with van der Waals surface area (Å²) in [4.78, 5) is 9.94. The molecule has 660 valence electrons. The zero-order valence-corrected chi connectivity index (χ0v) is 78.2. The van der Waals surface area contributed by atoms with Crippen LogP contribution < -0.4 is 19.6 Å². The van der Waals surface area contributed by atoms with Crippen molar-refractivity contribution in [3.05, 3.63) is 443 Å². The van der Waals surface area contributed by atoms with Gasteiger partial charge in [-0.3, -0.25) is 0 Å². The fourth-order valence-electron chi connectivity index (χ4n) is 22.4. The van der Waals surface area contributed by atoms with E-state index in [0.29, 0.717) is 0 Å². The highest BCUT2D eigenvalue weighted by Gasteiger charge is 2.46. The van der Waals surface area contributed by atoms with E-state index in [1.807, 2.05) is 12.2 Å². The Balaban J connectivity index is 0.000000173. The smallest absolute Gasteiger partial charge is 0.0540 e. The predicted octanol–water partition coefficient (Wildman–Crippen LogP) is 36.5. The second kappa shape index (κ2) is 40.6. The molecule has 0 bridgehead atoms. The number of unbranched alkanes of at least 4 members (excludes halogenated alkanes) is 12. The van der Waals surface area contributed by atoms with Crippen molar-refractivity contribution < 1.29 is 0 Å². The average molecular weight is 1720 g/mol. The van der Waals surface area contributed by atoms with Gasteiger partial charge < -0.3 is 19.6 Å². The number of hydrogen-bond acceptors (Lipinski definition) is 4. The zero-order chi connectivity index (χ0) is 89.8. The Hall–Kier alpha value is -13.3. The molecule has 16 aromatic carbocycles. The quantitative estimate of drug-likeness (QED) is 0.0358. The van der Waals surface area contributed by atoms with E-state index in [1.165, 1.54) is 237 Å². The van der Waals surface area contributed by atoms with Gasteiger partial charge in [0.15, 0.2) is 0 Å². The van der Waals surface area contributed by atoms with Crippen molar-refractivity contribution in [3.8, 4) is 22.3 Å². The van der Waals surface area contributed by atoms with E-state index in [0.717, 1.165) is 98.1 Å². The number of nitrogens with zero attached hydrogens (tertiary/aromatic N) is 4. The maximum Gasteiger partial charge on any atom is 0.0540 e. The summed E-state index contributed by atoms with van der Waals surface area (Å²) in [5.74, 6) is 0. The zero-order valence-electron chi connectivity index (χ0n) is 78.2. The van der Waals surface area contributed by atoms with Crippen molar-refractivity contribution in [1.82, 2.24) is 0 Å². The van der Waals surface area contributed by atoms with Crippen LogP contribution >= 0.6 is 0 Å². The van der Waals surface area contributed by atoms with Crippen LogP contribution in [0.5, 0.6) is 0 Å². The molecule has 0 spiro atoms. The predicted molar refractivity (Wildman–Crippen MR) is 568 cm³/mol. The monoisotopic (exact) mass is 1720 g/mol. The Kier molecular flexibility index (Phi) is 27.1. The molecular weight excluding hydrogens is 1590 g/mol. The molecule has 0 fully saturated rings. The van der Waals surface area contributed by atoms with Gasteiger partial charge in [-0.15, -0.1) is 0 Å². The molecule has 4 heteroatoms. The first-order valence-electron chi connectivity index (χ1n) is 49.7. The Labute approximate surface area is 786 Å². The number of rotatable bonds is 38. The van der Waals surface area contributed by atoms with Crippen LogP contribution in [0, 0.1) is 13.8 Å². The van der Waals surface area contributed by atoms with Gasteiger partial charge in [-0.05, 0) is 335 Å². The summed E-state index contributed by atoms with van der Waals surface area (Å²) in [5.41, 5.74) is 39.3. The minimum Gasteiger partial charge on any atom is -0.310 e. The van der Waals surface area contributed by atoms with Crippen molar-refractivity contribution in [2.45, 2.75) is 205 Å². The molecule has 0 radical (unpaired) electrons. The Morgan fingerprint density at radius 2 is 0.561 bits per heavy atom. The van der Waals surface area contributed by atoms with Crippen LogP contribution in [-0.4, -0.2) is 0 Å². The SMILES string of the molecule is C=Cc1cccc(N(c2cccc(C)c2)c2ccc3c(c2)C(CCCCCCCC)(CCCCCCCC)c2cc(N(c4cccc(C)c4)c4cccc(C=C)c4)ccc2-3)c1.c1ccc(N(c2ccc3c(c2)C(CCCCc2ccc4c(c2)CC4)(CCCCc2ccc4c(c2)CC4)c2cc(N(c4ccccc4)c4cccc5ccccc45)ccc2-3)c2cccc3ccccc23)cc1. The molecule has 0 aromatic heterocycles. The number of aryl methyl sites for hydroxylation is 8. The summed E-state index contributed by atoms with van der Waals surface area (Å²) in [6.07, 6.45) is 35.6. The third-order valence-electron chi connectivity index (χ3n) is 29.4. The van der Waals surface area contributed by atoms with Gasteiger partial charge in [0.2, 0.25) is 0 Å². The van der Waals surface area contributed by atoms with Crippen LogP contribution in [0.25, 0.3) is 56.0 Å². The topological polar surface area (TPSA) is 13.0 Å². The number of fused-ring (bicyclic) bond motifs is 10. The largest absolute Gasteiger partial charge is 0.310 e. The third-order valence-corrected chi connectivity index (χ3v) is 29.4. The van der Waals surface area contributed by atoms with Crippen LogP contribution in [0.4, 0.5) is 68.2 Å². The third kappa shape index (κ3) is 18.5.